The van der Waals surface area contributed by atoms with E-state index in [1.807, 2.05) is 38.1 Å². The molecular weight excluding hydrogens is 468 g/mol. The molecule has 0 unspecified atom stereocenters. The van der Waals surface area contributed by atoms with E-state index in [2.05, 4.69) is 9.44 Å². The van der Waals surface area contributed by atoms with Crippen LogP contribution in [0.5, 0.6) is 0 Å². The van der Waals surface area contributed by atoms with Crippen LogP contribution in [0.15, 0.2) is 94.7 Å². The highest BCUT2D eigenvalue weighted by Gasteiger charge is 2.15. The van der Waals surface area contributed by atoms with Gasteiger partial charge in [0.2, 0.25) is 10.0 Å². The molecule has 8 heteroatoms. The second-order valence-corrected chi connectivity index (χ2v) is 11.6. The lowest BCUT2D eigenvalue weighted by atomic mass is 10.1. The fraction of sp³-hybridized carbons (Fsp3) is 0.231. The van der Waals surface area contributed by atoms with Gasteiger partial charge in [0.05, 0.1) is 15.5 Å². The average molecular weight is 499 g/mol. The minimum Gasteiger partial charge on any atom is -0.279 e. The molecule has 0 aromatic heterocycles. The van der Waals surface area contributed by atoms with Crippen LogP contribution in [0.25, 0.3) is 0 Å². The molecule has 0 aliphatic heterocycles. The van der Waals surface area contributed by atoms with Crippen LogP contribution in [0.2, 0.25) is 0 Å². The van der Waals surface area contributed by atoms with Crippen molar-refractivity contribution in [3.05, 3.63) is 102 Å². The molecule has 3 aromatic rings. The molecule has 0 fully saturated rings. The monoisotopic (exact) mass is 498 g/mol. The molecule has 6 nitrogen and oxygen atoms in total. The van der Waals surface area contributed by atoms with Gasteiger partial charge in [0.25, 0.3) is 10.0 Å². The van der Waals surface area contributed by atoms with Gasteiger partial charge in [-0.05, 0) is 69.0 Å². The minimum atomic E-state index is -3.67. The predicted octanol–water partition coefficient (Wildman–Crippen LogP) is 4.96. The summed E-state index contributed by atoms with van der Waals surface area (Å²) in [6.07, 6.45) is 5.86. The van der Waals surface area contributed by atoms with E-state index in [-0.39, 0.29) is 9.79 Å². The van der Waals surface area contributed by atoms with Gasteiger partial charge in [0, 0.05) is 6.54 Å². The summed E-state index contributed by atoms with van der Waals surface area (Å²) in [7, 11) is -7.17. The first-order chi connectivity index (χ1) is 16.2. The summed E-state index contributed by atoms with van der Waals surface area (Å²) < 4.78 is 55.4. The van der Waals surface area contributed by atoms with Crippen LogP contribution >= 0.6 is 0 Å². The predicted molar refractivity (Wildman–Crippen MR) is 137 cm³/mol. The number of hydrogen-bond acceptors (Lipinski definition) is 4. The molecule has 0 aliphatic carbocycles. The number of allylic oxidation sites excluding steroid dienone is 2. The normalized spacial score (nSPS) is 12.2. The van der Waals surface area contributed by atoms with Crippen LogP contribution in [0.4, 0.5) is 5.69 Å². The fourth-order valence-electron chi connectivity index (χ4n) is 3.27. The molecule has 0 bridgehead atoms. The van der Waals surface area contributed by atoms with Gasteiger partial charge < -0.3 is 0 Å². The summed E-state index contributed by atoms with van der Waals surface area (Å²) in [6.45, 7) is 4.16. The maximum absolute atomic E-state index is 12.7. The highest BCUT2D eigenvalue weighted by molar-refractivity contribution is 7.92. The second kappa shape index (κ2) is 11.5. The Hall–Kier alpha value is -2.94. The van der Waals surface area contributed by atoms with Crippen molar-refractivity contribution in [2.24, 2.45) is 0 Å². The maximum atomic E-state index is 12.7. The lowest BCUT2D eigenvalue weighted by molar-refractivity contribution is 0.579. The Morgan fingerprint density at radius 3 is 1.88 bits per heavy atom. The summed E-state index contributed by atoms with van der Waals surface area (Å²) in [6, 6.07) is 20.7. The van der Waals surface area contributed by atoms with Gasteiger partial charge in [-0.1, -0.05) is 65.7 Å². The number of hydrogen-bond donors (Lipinski definition) is 2. The summed E-state index contributed by atoms with van der Waals surface area (Å²) >= 11 is 0. The highest BCUT2D eigenvalue weighted by atomic mass is 32.2. The van der Waals surface area contributed by atoms with Crippen molar-refractivity contribution in [1.29, 1.82) is 0 Å². The lowest BCUT2D eigenvalue weighted by Crippen LogP contribution is -2.24. The molecule has 0 spiro atoms. The number of rotatable bonds is 11. The summed E-state index contributed by atoms with van der Waals surface area (Å²) in [4.78, 5) is 0.481. The van der Waals surface area contributed by atoms with Gasteiger partial charge in [-0.2, -0.15) is 0 Å². The first kappa shape index (κ1) is 25.7. The average Bonchev–Trinajstić information content (AvgIpc) is 2.80. The van der Waals surface area contributed by atoms with Crippen LogP contribution in [-0.4, -0.2) is 23.4 Å². The zero-order chi connectivity index (χ0) is 24.6. The smallest absolute Gasteiger partial charge is 0.261 e. The second-order valence-electron chi connectivity index (χ2n) is 8.10. The third-order valence-electron chi connectivity index (χ3n) is 5.27. The van der Waals surface area contributed by atoms with Crippen molar-refractivity contribution in [3.8, 4) is 0 Å². The van der Waals surface area contributed by atoms with Gasteiger partial charge in [0.15, 0.2) is 0 Å². The Bertz CT molecular complexity index is 1330. The van der Waals surface area contributed by atoms with Crippen LogP contribution in [0.1, 0.15) is 29.5 Å². The maximum Gasteiger partial charge on any atom is 0.261 e. The quantitative estimate of drug-likeness (QED) is 0.289. The molecule has 0 amide bonds. The van der Waals surface area contributed by atoms with E-state index in [0.717, 1.165) is 16.7 Å². The van der Waals surface area contributed by atoms with E-state index in [4.69, 9.17) is 0 Å². The SMILES string of the molecule is Cc1ccc(S(=O)(=O)NCCC/C=C/Cc2ccccc2NS(=O)(=O)c2ccc(C)cc2)cc1. The lowest BCUT2D eigenvalue weighted by Gasteiger charge is -2.12. The van der Waals surface area contributed by atoms with E-state index in [0.29, 0.717) is 31.5 Å². The van der Waals surface area contributed by atoms with E-state index in [9.17, 15) is 16.8 Å². The summed E-state index contributed by atoms with van der Waals surface area (Å²) in [5.41, 5.74) is 3.40. The largest absolute Gasteiger partial charge is 0.279 e. The van der Waals surface area contributed by atoms with E-state index < -0.39 is 20.0 Å². The molecule has 2 N–H and O–H groups in total. The molecule has 0 saturated heterocycles. The summed E-state index contributed by atoms with van der Waals surface area (Å²) in [5, 5.41) is 0. The Balaban J connectivity index is 1.51. The van der Waals surface area contributed by atoms with Crippen molar-refractivity contribution < 1.29 is 16.8 Å². The van der Waals surface area contributed by atoms with Crippen LogP contribution in [0.3, 0.4) is 0 Å². The molecule has 180 valence electrons. The number of unbranched alkanes of at least 4 members (excludes halogenated alkanes) is 1. The number of aryl methyl sites for hydroxylation is 2. The zero-order valence-corrected chi connectivity index (χ0v) is 21.0. The molecule has 0 heterocycles. The number of benzene rings is 3. The Morgan fingerprint density at radius 1 is 0.706 bits per heavy atom. The van der Waals surface area contributed by atoms with Crippen molar-refractivity contribution in [2.45, 2.75) is 42.9 Å². The zero-order valence-electron chi connectivity index (χ0n) is 19.4. The molecule has 3 rings (SSSR count). The van der Waals surface area contributed by atoms with Crippen molar-refractivity contribution in [1.82, 2.24) is 4.72 Å². The van der Waals surface area contributed by atoms with Crippen LogP contribution < -0.4 is 9.44 Å². The van der Waals surface area contributed by atoms with Crippen molar-refractivity contribution >= 4 is 25.7 Å². The number of nitrogens with one attached hydrogen (secondary N) is 2. The molecule has 0 aliphatic rings. The summed E-state index contributed by atoms with van der Waals surface area (Å²) in [5.74, 6) is 0. The van der Waals surface area contributed by atoms with Crippen LogP contribution in [0, 0.1) is 13.8 Å². The van der Waals surface area contributed by atoms with E-state index in [1.54, 1.807) is 60.7 Å². The van der Waals surface area contributed by atoms with E-state index in [1.165, 1.54) is 0 Å². The van der Waals surface area contributed by atoms with Gasteiger partial charge in [-0.25, -0.2) is 21.6 Å². The Labute approximate surface area is 202 Å². The number of sulfonamides is 2. The molecule has 34 heavy (non-hydrogen) atoms. The van der Waals surface area contributed by atoms with Gasteiger partial charge >= 0.3 is 0 Å². The first-order valence-corrected chi connectivity index (χ1v) is 14.0. The standard InChI is InChI=1S/C26H30N2O4S2/c1-21-12-16-24(17-13-21)33(29,30)27-20-8-4-3-5-9-23-10-6-7-11-26(23)28-34(31,32)25-18-14-22(2)15-19-25/h3,5-7,10-19,27-28H,4,8-9,20H2,1-2H3/b5-3+. The van der Waals surface area contributed by atoms with Gasteiger partial charge in [-0.3, -0.25) is 4.72 Å². The highest BCUT2D eigenvalue weighted by Crippen LogP contribution is 2.21. The molecule has 3 aromatic carbocycles. The van der Waals surface area contributed by atoms with E-state index >= 15 is 0 Å². The van der Waals surface area contributed by atoms with Gasteiger partial charge in [0.1, 0.15) is 0 Å². The first-order valence-electron chi connectivity index (χ1n) is 11.1. The molecule has 0 saturated carbocycles. The van der Waals surface area contributed by atoms with Crippen molar-refractivity contribution in [3.63, 3.8) is 0 Å². The number of anilines is 1. The number of para-hydroxylation sites is 1. The Morgan fingerprint density at radius 2 is 1.26 bits per heavy atom. The fourth-order valence-corrected chi connectivity index (χ4v) is 5.45. The Kier molecular flexibility index (Phi) is 8.66. The topological polar surface area (TPSA) is 92.3 Å². The molecule has 0 atom stereocenters. The van der Waals surface area contributed by atoms with Gasteiger partial charge in [-0.15, -0.1) is 0 Å². The molecular formula is C26H30N2O4S2. The minimum absolute atomic E-state index is 0.219. The third kappa shape index (κ3) is 7.28. The third-order valence-corrected chi connectivity index (χ3v) is 8.13. The molecule has 0 radical (unpaired) electrons. The van der Waals surface area contributed by atoms with Crippen LogP contribution in [-0.2, 0) is 26.5 Å². The van der Waals surface area contributed by atoms with Crippen molar-refractivity contribution in [2.75, 3.05) is 11.3 Å².